The summed E-state index contributed by atoms with van der Waals surface area (Å²) in [5.41, 5.74) is 5.92. The number of rotatable bonds is 6. The van der Waals surface area contributed by atoms with Crippen molar-refractivity contribution in [2.24, 2.45) is 11.7 Å². The monoisotopic (exact) mass is 360 g/mol. The number of nitrogens with two attached hydrogens (primary N) is 1. The molecule has 26 heavy (non-hydrogen) atoms. The molecule has 1 aliphatic heterocycles. The molecule has 1 aromatic rings. The average Bonchev–Trinajstić information content (AvgIpc) is 3.00. The van der Waals surface area contributed by atoms with Gasteiger partial charge in [0, 0.05) is 6.04 Å². The molecule has 140 valence electrons. The van der Waals surface area contributed by atoms with Crippen molar-refractivity contribution in [1.29, 1.82) is 0 Å². The number of carbonyl (C=O) groups excluding carboxylic acids is 2. The van der Waals surface area contributed by atoms with Gasteiger partial charge in [-0.05, 0) is 42.9 Å². The van der Waals surface area contributed by atoms with Crippen molar-refractivity contribution in [3.8, 4) is 5.75 Å². The molecule has 2 aliphatic rings. The molecule has 3 N–H and O–H groups in total. The molecule has 1 saturated heterocycles. The van der Waals surface area contributed by atoms with Gasteiger partial charge >= 0.3 is 5.97 Å². The lowest BCUT2D eigenvalue weighted by molar-refractivity contribution is -0.150. The predicted molar refractivity (Wildman–Crippen MR) is 93.5 cm³/mol. The van der Waals surface area contributed by atoms with Crippen LogP contribution in [-0.4, -0.2) is 46.5 Å². The Labute approximate surface area is 152 Å². The highest BCUT2D eigenvalue weighted by Gasteiger charge is 2.47. The number of primary amides is 1. The molecule has 0 aromatic heterocycles. The minimum atomic E-state index is -0.941. The zero-order chi connectivity index (χ0) is 18.7. The summed E-state index contributed by atoms with van der Waals surface area (Å²) < 4.78 is 5.55. The summed E-state index contributed by atoms with van der Waals surface area (Å²) in [4.78, 5) is 36.7. The number of carboxylic acids is 1. The fourth-order valence-electron chi connectivity index (χ4n) is 4.16. The summed E-state index contributed by atoms with van der Waals surface area (Å²) in [6, 6.07) is 6.05. The summed E-state index contributed by atoms with van der Waals surface area (Å²) in [7, 11) is 0. The van der Waals surface area contributed by atoms with Crippen molar-refractivity contribution in [3.63, 3.8) is 0 Å². The van der Waals surface area contributed by atoms with Gasteiger partial charge in [0.2, 0.25) is 5.91 Å². The highest BCUT2D eigenvalue weighted by Crippen LogP contribution is 2.39. The van der Waals surface area contributed by atoms with Crippen LogP contribution in [0.25, 0.3) is 0 Å². The van der Waals surface area contributed by atoms with Crippen LogP contribution in [0.15, 0.2) is 24.3 Å². The average molecular weight is 360 g/mol. The van der Waals surface area contributed by atoms with E-state index in [1.54, 1.807) is 24.3 Å². The first-order valence-electron chi connectivity index (χ1n) is 8.99. The van der Waals surface area contributed by atoms with Crippen LogP contribution in [0.1, 0.15) is 37.7 Å². The van der Waals surface area contributed by atoms with E-state index in [9.17, 15) is 19.5 Å². The van der Waals surface area contributed by atoms with Gasteiger partial charge in [0.05, 0.1) is 6.42 Å². The maximum Gasteiger partial charge on any atom is 0.326 e. The number of hydrogen-bond donors (Lipinski definition) is 2. The Kier molecular flexibility index (Phi) is 5.44. The van der Waals surface area contributed by atoms with E-state index < -0.39 is 17.9 Å². The summed E-state index contributed by atoms with van der Waals surface area (Å²) >= 11 is 0. The highest BCUT2D eigenvalue weighted by molar-refractivity contribution is 5.85. The van der Waals surface area contributed by atoms with E-state index in [4.69, 9.17) is 10.5 Å². The zero-order valence-corrected chi connectivity index (χ0v) is 14.6. The topological polar surface area (TPSA) is 110 Å². The molecule has 3 atom stereocenters. The molecule has 2 fully saturated rings. The molecule has 0 spiro atoms. The number of aliphatic carboxylic acids is 1. The maximum absolute atomic E-state index is 12.7. The van der Waals surface area contributed by atoms with Gasteiger partial charge in [-0.3, -0.25) is 9.59 Å². The lowest BCUT2D eigenvalue weighted by Gasteiger charge is -2.32. The SMILES string of the molecule is NC(=O)Cc1ccc(OCC(=O)N2C(C(=O)O)CC3CCCCC32)cc1. The Hall–Kier alpha value is -2.57. The Morgan fingerprint density at radius 3 is 2.50 bits per heavy atom. The summed E-state index contributed by atoms with van der Waals surface area (Å²) in [6.45, 7) is -0.192. The Morgan fingerprint density at radius 1 is 1.15 bits per heavy atom. The number of fused-ring (bicyclic) bond motifs is 1. The van der Waals surface area contributed by atoms with E-state index in [2.05, 4.69) is 0 Å². The molecular weight excluding hydrogens is 336 g/mol. The molecule has 1 aliphatic carbocycles. The molecule has 0 radical (unpaired) electrons. The second-order valence-electron chi connectivity index (χ2n) is 7.08. The third kappa shape index (κ3) is 3.98. The molecule has 3 unspecified atom stereocenters. The van der Waals surface area contributed by atoms with Crippen molar-refractivity contribution in [1.82, 2.24) is 4.90 Å². The van der Waals surface area contributed by atoms with Gasteiger partial charge in [-0.15, -0.1) is 0 Å². The number of carboxylic acid groups (broad SMARTS) is 1. The fraction of sp³-hybridized carbons (Fsp3) is 0.526. The molecule has 1 saturated carbocycles. The van der Waals surface area contributed by atoms with Crippen LogP contribution >= 0.6 is 0 Å². The van der Waals surface area contributed by atoms with Crippen LogP contribution in [0.5, 0.6) is 5.75 Å². The number of amides is 2. The van der Waals surface area contributed by atoms with Crippen molar-refractivity contribution in [2.75, 3.05) is 6.61 Å². The summed E-state index contributed by atoms with van der Waals surface area (Å²) in [5.74, 6) is -0.860. The summed E-state index contributed by atoms with van der Waals surface area (Å²) in [5, 5.41) is 9.49. The minimum Gasteiger partial charge on any atom is -0.484 e. The smallest absolute Gasteiger partial charge is 0.326 e. The van der Waals surface area contributed by atoms with Crippen LogP contribution in [0.2, 0.25) is 0 Å². The van der Waals surface area contributed by atoms with Crippen molar-refractivity contribution in [2.45, 2.75) is 50.6 Å². The van der Waals surface area contributed by atoms with E-state index in [1.165, 1.54) is 4.90 Å². The van der Waals surface area contributed by atoms with Crippen LogP contribution in [0.4, 0.5) is 0 Å². The number of hydrogen-bond acceptors (Lipinski definition) is 4. The molecule has 1 heterocycles. The molecule has 2 amide bonds. The molecule has 7 heteroatoms. The largest absolute Gasteiger partial charge is 0.484 e. The quantitative estimate of drug-likeness (QED) is 0.795. The van der Waals surface area contributed by atoms with Gasteiger partial charge in [-0.1, -0.05) is 25.0 Å². The lowest BCUT2D eigenvalue weighted by atomic mass is 9.85. The number of likely N-dealkylation sites (tertiary alicyclic amines) is 1. The second kappa shape index (κ2) is 7.76. The predicted octanol–water partition coefficient (Wildman–Crippen LogP) is 1.34. The van der Waals surface area contributed by atoms with Gasteiger partial charge in [-0.25, -0.2) is 4.79 Å². The maximum atomic E-state index is 12.7. The third-order valence-corrected chi connectivity index (χ3v) is 5.33. The number of nitrogens with zero attached hydrogens (tertiary/aromatic N) is 1. The number of ether oxygens (including phenoxy) is 1. The van der Waals surface area contributed by atoms with Gasteiger partial charge in [0.25, 0.3) is 5.91 Å². The fourth-order valence-corrected chi connectivity index (χ4v) is 4.16. The van der Waals surface area contributed by atoms with Crippen molar-refractivity contribution < 1.29 is 24.2 Å². The van der Waals surface area contributed by atoms with Gasteiger partial charge in [0.15, 0.2) is 6.61 Å². The van der Waals surface area contributed by atoms with E-state index in [-0.39, 0.29) is 30.9 Å². The van der Waals surface area contributed by atoms with E-state index in [0.717, 1.165) is 31.2 Å². The van der Waals surface area contributed by atoms with Crippen molar-refractivity contribution in [3.05, 3.63) is 29.8 Å². The minimum absolute atomic E-state index is 0.0129. The van der Waals surface area contributed by atoms with Gasteiger partial charge in [0.1, 0.15) is 11.8 Å². The Morgan fingerprint density at radius 2 is 1.85 bits per heavy atom. The normalized spacial score (nSPS) is 24.8. The van der Waals surface area contributed by atoms with Crippen LogP contribution in [-0.2, 0) is 20.8 Å². The van der Waals surface area contributed by atoms with Gasteiger partial charge < -0.3 is 20.5 Å². The zero-order valence-electron chi connectivity index (χ0n) is 14.6. The molecule has 7 nitrogen and oxygen atoms in total. The van der Waals surface area contributed by atoms with Crippen molar-refractivity contribution >= 4 is 17.8 Å². The standard InChI is InChI=1S/C19H24N2O5/c20-17(22)9-12-5-7-14(8-6-12)26-11-18(23)21-15-4-2-1-3-13(15)10-16(21)19(24)25/h5-8,13,15-16H,1-4,9-11H2,(H2,20,22)(H,24,25). The molecule has 1 aromatic carbocycles. The van der Waals surface area contributed by atoms with Crippen LogP contribution in [0.3, 0.4) is 0 Å². The third-order valence-electron chi connectivity index (χ3n) is 5.33. The first-order chi connectivity index (χ1) is 12.5. The molecular formula is C19H24N2O5. The second-order valence-corrected chi connectivity index (χ2v) is 7.08. The number of carbonyl (C=O) groups is 3. The van der Waals surface area contributed by atoms with Crippen LogP contribution in [0, 0.1) is 5.92 Å². The van der Waals surface area contributed by atoms with E-state index in [0.29, 0.717) is 12.2 Å². The van der Waals surface area contributed by atoms with E-state index in [1.807, 2.05) is 0 Å². The lowest BCUT2D eigenvalue weighted by Crippen LogP contribution is -2.48. The first-order valence-corrected chi connectivity index (χ1v) is 8.99. The summed E-state index contributed by atoms with van der Waals surface area (Å²) in [6.07, 6.45) is 4.66. The number of benzene rings is 1. The molecule has 0 bridgehead atoms. The Balaban J connectivity index is 1.62. The molecule has 3 rings (SSSR count). The van der Waals surface area contributed by atoms with Gasteiger partial charge in [-0.2, -0.15) is 0 Å². The first kappa shape index (κ1) is 18.2. The van der Waals surface area contributed by atoms with E-state index >= 15 is 0 Å². The Bertz CT molecular complexity index is 688. The van der Waals surface area contributed by atoms with Crippen LogP contribution < -0.4 is 10.5 Å². The highest BCUT2D eigenvalue weighted by atomic mass is 16.5.